The highest BCUT2D eigenvalue weighted by atomic mass is 32.2. The van der Waals surface area contributed by atoms with Gasteiger partial charge in [0, 0.05) is 18.8 Å². The molecule has 7 nitrogen and oxygen atoms in total. The van der Waals surface area contributed by atoms with E-state index in [9.17, 15) is 21.6 Å². The molecule has 1 fully saturated rings. The van der Waals surface area contributed by atoms with Crippen LogP contribution in [0.15, 0.2) is 59.5 Å². The summed E-state index contributed by atoms with van der Waals surface area (Å²) >= 11 is 0. The maximum Gasteiger partial charge on any atom is 0.261 e. The molecule has 1 heterocycles. The van der Waals surface area contributed by atoms with E-state index in [-0.39, 0.29) is 34.1 Å². The van der Waals surface area contributed by atoms with Crippen LogP contribution in [-0.2, 0) is 31.1 Å². The van der Waals surface area contributed by atoms with Gasteiger partial charge in [0.2, 0.25) is 5.91 Å². The Morgan fingerprint density at radius 3 is 2.12 bits per heavy atom. The van der Waals surface area contributed by atoms with E-state index in [1.165, 1.54) is 12.1 Å². The molecule has 1 aliphatic rings. The number of hydrogen-bond donors (Lipinski definition) is 1. The molecule has 0 bridgehead atoms. The molecule has 0 aliphatic carbocycles. The maximum atomic E-state index is 12.7. The number of anilines is 1. The van der Waals surface area contributed by atoms with Crippen molar-refractivity contribution >= 4 is 31.5 Å². The summed E-state index contributed by atoms with van der Waals surface area (Å²) in [4.78, 5) is 14.6. The highest BCUT2D eigenvalue weighted by Crippen LogP contribution is 2.22. The van der Waals surface area contributed by atoms with Gasteiger partial charge < -0.3 is 4.90 Å². The second-order valence-corrected chi connectivity index (χ2v) is 12.8. The topological polar surface area (TPSA) is 101 Å². The number of carbonyl (C=O) groups excluding carboxylic acids is 1. The fraction of sp³-hybridized carbons (Fsp3) is 0.435. The third kappa shape index (κ3) is 6.32. The summed E-state index contributed by atoms with van der Waals surface area (Å²) in [6, 6.07) is 14.9. The molecule has 1 aliphatic heterocycles. The first kappa shape index (κ1) is 24.3. The predicted molar refractivity (Wildman–Crippen MR) is 126 cm³/mol. The van der Waals surface area contributed by atoms with Crippen LogP contribution in [0.3, 0.4) is 0 Å². The first-order chi connectivity index (χ1) is 15.1. The molecule has 32 heavy (non-hydrogen) atoms. The Kier molecular flexibility index (Phi) is 7.61. The molecule has 0 saturated carbocycles. The first-order valence-electron chi connectivity index (χ1n) is 10.7. The second kappa shape index (κ2) is 10.0. The first-order valence-corrected chi connectivity index (χ1v) is 13.9. The van der Waals surface area contributed by atoms with Crippen LogP contribution >= 0.6 is 0 Å². The highest BCUT2D eigenvalue weighted by molar-refractivity contribution is 7.92. The molecule has 1 amide bonds. The van der Waals surface area contributed by atoms with E-state index >= 15 is 0 Å². The van der Waals surface area contributed by atoms with Crippen LogP contribution in [0.2, 0.25) is 0 Å². The number of rotatable bonds is 8. The Hall–Kier alpha value is -2.39. The number of piperidine rings is 1. The fourth-order valence-corrected chi connectivity index (χ4v) is 6.12. The summed E-state index contributed by atoms with van der Waals surface area (Å²) in [5.41, 5.74) is 1.22. The smallest absolute Gasteiger partial charge is 0.261 e. The van der Waals surface area contributed by atoms with E-state index in [0.29, 0.717) is 31.6 Å². The highest BCUT2D eigenvalue weighted by Gasteiger charge is 2.28. The standard InChI is InChI=1S/C23H30N2O5S2/c1-18(2)31(27,28)17-20-12-14-25(15-13-20)23(26)16-19-8-10-21(11-9-19)24-32(29,30)22-6-4-3-5-7-22/h3-11,18,20,24H,12-17H2,1-2H3. The van der Waals surface area contributed by atoms with E-state index < -0.39 is 19.9 Å². The lowest BCUT2D eigenvalue weighted by Gasteiger charge is -2.32. The second-order valence-electron chi connectivity index (χ2n) is 8.49. The molecule has 1 saturated heterocycles. The molecule has 0 radical (unpaired) electrons. The van der Waals surface area contributed by atoms with Gasteiger partial charge in [-0.05, 0) is 62.4 Å². The van der Waals surface area contributed by atoms with Gasteiger partial charge in [0.1, 0.15) is 0 Å². The number of nitrogens with zero attached hydrogens (tertiary/aromatic N) is 1. The van der Waals surface area contributed by atoms with Crippen LogP contribution < -0.4 is 4.72 Å². The van der Waals surface area contributed by atoms with E-state index in [2.05, 4.69) is 4.72 Å². The Labute approximate surface area is 190 Å². The van der Waals surface area contributed by atoms with Crippen molar-refractivity contribution in [2.45, 2.75) is 43.3 Å². The molecular weight excluding hydrogens is 448 g/mol. The Morgan fingerprint density at radius 1 is 0.969 bits per heavy atom. The molecule has 174 valence electrons. The molecule has 0 aromatic heterocycles. The van der Waals surface area contributed by atoms with Crippen molar-refractivity contribution in [1.29, 1.82) is 0 Å². The number of sulfone groups is 1. The van der Waals surface area contributed by atoms with Crippen LogP contribution in [-0.4, -0.2) is 51.7 Å². The van der Waals surface area contributed by atoms with Gasteiger partial charge in [0.25, 0.3) is 10.0 Å². The summed E-state index contributed by atoms with van der Waals surface area (Å²) in [6.45, 7) is 4.52. The summed E-state index contributed by atoms with van der Waals surface area (Å²) in [5, 5.41) is -0.373. The zero-order valence-corrected chi connectivity index (χ0v) is 20.0. The average molecular weight is 479 g/mol. The van der Waals surface area contributed by atoms with Crippen LogP contribution in [0.25, 0.3) is 0 Å². The molecule has 0 unspecified atom stereocenters. The van der Waals surface area contributed by atoms with Crippen molar-refractivity contribution in [3.05, 3.63) is 60.2 Å². The number of sulfonamides is 1. The average Bonchev–Trinajstić information content (AvgIpc) is 2.75. The lowest BCUT2D eigenvalue weighted by Crippen LogP contribution is -2.41. The van der Waals surface area contributed by atoms with Gasteiger partial charge in [-0.15, -0.1) is 0 Å². The number of likely N-dealkylation sites (tertiary alicyclic amines) is 1. The van der Waals surface area contributed by atoms with Gasteiger partial charge in [0.05, 0.1) is 22.3 Å². The van der Waals surface area contributed by atoms with Crippen molar-refractivity contribution in [2.24, 2.45) is 5.92 Å². The third-order valence-corrected chi connectivity index (χ3v) is 9.54. The van der Waals surface area contributed by atoms with Crippen molar-refractivity contribution < 1.29 is 21.6 Å². The number of benzene rings is 2. The Morgan fingerprint density at radius 2 is 1.56 bits per heavy atom. The van der Waals surface area contributed by atoms with Crippen molar-refractivity contribution in [3.8, 4) is 0 Å². The van der Waals surface area contributed by atoms with Gasteiger partial charge in [-0.1, -0.05) is 30.3 Å². The van der Waals surface area contributed by atoms with Gasteiger partial charge in [-0.25, -0.2) is 16.8 Å². The maximum absolute atomic E-state index is 12.7. The molecule has 2 aromatic rings. The molecule has 0 atom stereocenters. The fourth-order valence-electron chi connectivity index (χ4n) is 3.66. The lowest BCUT2D eigenvalue weighted by atomic mass is 9.98. The van der Waals surface area contributed by atoms with Crippen LogP contribution in [0.5, 0.6) is 0 Å². The normalized spacial score (nSPS) is 15.7. The van der Waals surface area contributed by atoms with Crippen molar-refractivity contribution in [1.82, 2.24) is 4.90 Å². The van der Waals surface area contributed by atoms with Gasteiger partial charge in [-0.2, -0.15) is 0 Å². The molecule has 3 rings (SSSR count). The van der Waals surface area contributed by atoms with E-state index in [1.54, 1.807) is 61.2 Å². The molecule has 2 aromatic carbocycles. The summed E-state index contributed by atoms with van der Waals surface area (Å²) in [7, 11) is -6.73. The number of hydrogen-bond acceptors (Lipinski definition) is 5. The van der Waals surface area contributed by atoms with Gasteiger partial charge in [-0.3, -0.25) is 9.52 Å². The largest absolute Gasteiger partial charge is 0.342 e. The SMILES string of the molecule is CC(C)S(=O)(=O)CC1CCN(C(=O)Cc2ccc(NS(=O)(=O)c3ccccc3)cc2)CC1. The predicted octanol–water partition coefficient (Wildman–Crippen LogP) is 3.09. The molecule has 1 N–H and O–H groups in total. The molecular formula is C23H30N2O5S2. The lowest BCUT2D eigenvalue weighted by molar-refractivity contribution is -0.131. The van der Waals surface area contributed by atoms with Crippen molar-refractivity contribution in [3.63, 3.8) is 0 Å². The van der Waals surface area contributed by atoms with Crippen molar-refractivity contribution in [2.75, 3.05) is 23.6 Å². The van der Waals surface area contributed by atoms with E-state index in [1.807, 2.05) is 0 Å². The van der Waals surface area contributed by atoms with Gasteiger partial charge in [0.15, 0.2) is 9.84 Å². The Balaban J connectivity index is 1.52. The minimum Gasteiger partial charge on any atom is -0.342 e. The Bertz CT molecular complexity index is 1120. The zero-order chi connectivity index (χ0) is 23.4. The van der Waals surface area contributed by atoms with E-state index in [4.69, 9.17) is 0 Å². The third-order valence-electron chi connectivity index (χ3n) is 5.77. The number of amides is 1. The summed E-state index contributed by atoms with van der Waals surface area (Å²) in [5.74, 6) is 0.281. The monoisotopic (exact) mass is 478 g/mol. The van der Waals surface area contributed by atoms with Crippen LogP contribution in [0.4, 0.5) is 5.69 Å². The molecule has 0 spiro atoms. The quantitative estimate of drug-likeness (QED) is 0.628. The summed E-state index contributed by atoms with van der Waals surface area (Å²) in [6.07, 6.45) is 1.61. The minimum absolute atomic E-state index is 0.00668. The number of carbonyl (C=O) groups is 1. The van der Waals surface area contributed by atoms with Crippen LogP contribution in [0, 0.1) is 5.92 Å². The summed E-state index contributed by atoms with van der Waals surface area (Å²) < 4.78 is 51.6. The minimum atomic E-state index is -3.66. The molecule has 9 heteroatoms. The number of nitrogens with one attached hydrogen (secondary N) is 1. The van der Waals surface area contributed by atoms with Gasteiger partial charge >= 0.3 is 0 Å². The zero-order valence-electron chi connectivity index (χ0n) is 18.4. The van der Waals surface area contributed by atoms with E-state index in [0.717, 1.165) is 5.56 Å². The van der Waals surface area contributed by atoms with Crippen LogP contribution in [0.1, 0.15) is 32.3 Å².